The van der Waals surface area contributed by atoms with E-state index in [0.717, 1.165) is 0 Å². The van der Waals surface area contributed by atoms with Gasteiger partial charge in [0.25, 0.3) is 0 Å². The standard InChI is InChI=1S/C9H11O3.BrH.2Mg/c1-10-7-5-4-6-8(11-2)9(7)12-3;;;/h5-6H,1-3H3;1H;;/q-1;;;+2/p-1. The maximum absolute atomic E-state index is 5.09. The largest absolute Gasteiger partial charge is 2.00 e. The van der Waals surface area contributed by atoms with Gasteiger partial charge >= 0.3 is 23.1 Å². The number of rotatable bonds is 3. The van der Waals surface area contributed by atoms with E-state index in [0.29, 0.717) is 17.2 Å². The van der Waals surface area contributed by atoms with Gasteiger partial charge in [0.05, 0.1) is 38.6 Å². The van der Waals surface area contributed by atoms with Crippen molar-refractivity contribution in [2.45, 2.75) is 0 Å². The number of hydrogen-bond acceptors (Lipinski definition) is 3. The number of ether oxygens (including phenoxy) is 3. The minimum atomic E-state index is 0. The maximum Gasteiger partial charge on any atom is 2.00 e. The van der Waals surface area contributed by atoms with Gasteiger partial charge in [0.2, 0.25) is 0 Å². The Morgan fingerprint density at radius 1 is 0.933 bits per heavy atom. The molecule has 2 radical (unpaired) electrons. The van der Waals surface area contributed by atoms with Crippen LogP contribution in [0.5, 0.6) is 17.2 Å². The molecule has 3 nitrogen and oxygen atoms in total. The number of hydrogen-bond donors (Lipinski definition) is 0. The molecule has 0 aliphatic carbocycles. The number of methoxy groups -OCH3 is 3. The first-order valence-electron chi connectivity index (χ1n) is 3.49. The van der Waals surface area contributed by atoms with Crippen molar-refractivity contribution in [3.8, 4) is 17.2 Å². The van der Waals surface area contributed by atoms with Crippen LogP contribution in [-0.2, 0) is 0 Å². The van der Waals surface area contributed by atoms with Gasteiger partial charge in [-0.1, -0.05) is 0 Å². The van der Waals surface area contributed by atoms with Crippen LogP contribution in [0.25, 0.3) is 0 Å². The summed E-state index contributed by atoms with van der Waals surface area (Å²) in [6.45, 7) is 0. The molecule has 0 amide bonds. The topological polar surface area (TPSA) is 27.7 Å². The van der Waals surface area contributed by atoms with Crippen LogP contribution in [-0.4, -0.2) is 67.4 Å². The summed E-state index contributed by atoms with van der Waals surface area (Å²) >= 11 is 0. The van der Waals surface area contributed by atoms with Gasteiger partial charge in [0.1, 0.15) is 0 Å². The monoisotopic (exact) mass is 294 g/mol. The van der Waals surface area contributed by atoms with Crippen molar-refractivity contribution in [3.05, 3.63) is 18.2 Å². The fraction of sp³-hybridized carbons (Fsp3) is 0.333. The smallest absolute Gasteiger partial charge is 1.00 e. The van der Waals surface area contributed by atoms with Gasteiger partial charge in [-0.05, 0) is 0 Å². The molecule has 0 N–H and O–H groups in total. The van der Waals surface area contributed by atoms with E-state index < -0.39 is 0 Å². The molecule has 6 heteroatoms. The maximum atomic E-state index is 5.09. The van der Waals surface area contributed by atoms with Crippen LogP contribution in [0.4, 0.5) is 0 Å². The third-order valence-electron chi connectivity index (χ3n) is 1.52. The predicted octanol–water partition coefficient (Wildman–Crippen LogP) is -2.25. The Morgan fingerprint density at radius 2 is 1.33 bits per heavy atom. The summed E-state index contributed by atoms with van der Waals surface area (Å²) in [5.41, 5.74) is 0. The third-order valence-corrected chi connectivity index (χ3v) is 1.52. The molecule has 0 spiro atoms. The van der Waals surface area contributed by atoms with Crippen molar-refractivity contribution in [2.24, 2.45) is 0 Å². The first kappa shape index (κ1) is 21.0. The third kappa shape index (κ3) is 5.49. The van der Waals surface area contributed by atoms with Gasteiger partial charge in [-0.25, -0.2) is 0 Å². The Balaban J connectivity index is -0.000000480. The van der Waals surface area contributed by atoms with E-state index in [1.807, 2.05) is 0 Å². The van der Waals surface area contributed by atoms with E-state index in [9.17, 15) is 0 Å². The van der Waals surface area contributed by atoms with Crippen molar-refractivity contribution in [2.75, 3.05) is 21.3 Å². The molecule has 1 rings (SSSR count). The van der Waals surface area contributed by atoms with E-state index in [2.05, 4.69) is 6.07 Å². The second kappa shape index (κ2) is 11.1. The molecular formula is C9H11BrMg2O3. The van der Waals surface area contributed by atoms with E-state index in [-0.39, 0.29) is 63.1 Å². The van der Waals surface area contributed by atoms with Crippen LogP contribution in [0.1, 0.15) is 0 Å². The molecule has 76 valence electrons. The zero-order chi connectivity index (χ0) is 8.97. The summed E-state index contributed by atoms with van der Waals surface area (Å²) in [5, 5.41) is 0. The molecule has 0 aliphatic heterocycles. The van der Waals surface area contributed by atoms with Gasteiger partial charge in [0.15, 0.2) is 0 Å². The van der Waals surface area contributed by atoms with Gasteiger partial charge in [0, 0.05) is 23.1 Å². The Labute approximate surface area is 133 Å². The molecule has 0 saturated carbocycles. The molecule has 0 unspecified atom stereocenters. The molecule has 0 bridgehead atoms. The molecule has 15 heavy (non-hydrogen) atoms. The summed E-state index contributed by atoms with van der Waals surface area (Å²) < 4.78 is 15.2. The van der Waals surface area contributed by atoms with E-state index in [4.69, 9.17) is 14.2 Å². The normalized spacial score (nSPS) is 7.40. The number of benzene rings is 1. The van der Waals surface area contributed by atoms with Crippen LogP contribution in [0.3, 0.4) is 0 Å². The summed E-state index contributed by atoms with van der Waals surface area (Å²) in [5.74, 6) is 1.84. The Bertz CT molecular complexity index is 249. The second-order valence-electron chi connectivity index (χ2n) is 2.13. The molecule has 0 fully saturated rings. The first-order chi connectivity index (χ1) is 5.83. The Kier molecular flexibility index (Phi) is 15.6. The zero-order valence-corrected chi connectivity index (χ0v) is 13.6. The van der Waals surface area contributed by atoms with Crippen molar-refractivity contribution < 1.29 is 31.2 Å². The first-order valence-corrected chi connectivity index (χ1v) is 3.49. The molecule has 0 heterocycles. The molecule has 1 aromatic carbocycles. The molecule has 0 aliphatic rings. The van der Waals surface area contributed by atoms with Gasteiger partial charge in [-0.3, -0.25) is 0 Å². The van der Waals surface area contributed by atoms with Crippen LogP contribution < -0.4 is 31.2 Å². The van der Waals surface area contributed by atoms with Crippen molar-refractivity contribution in [3.63, 3.8) is 0 Å². The van der Waals surface area contributed by atoms with Gasteiger partial charge < -0.3 is 31.2 Å². The van der Waals surface area contributed by atoms with Crippen molar-refractivity contribution in [1.29, 1.82) is 0 Å². The predicted molar refractivity (Wildman–Crippen MR) is 56.4 cm³/mol. The fourth-order valence-electron chi connectivity index (χ4n) is 0.950. The minimum Gasteiger partial charge on any atom is -1.00 e. The van der Waals surface area contributed by atoms with Crippen LogP contribution >= 0.6 is 0 Å². The molecule has 0 atom stereocenters. The van der Waals surface area contributed by atoms with E-state index >= 15 is 0 Å². The average molecular weight is 296 g/mol. The van der Waals surface area contributed by atoms with E-state index in [1.54, 1.807) is 33.5 Å². The number of halogens is 1. The quantitative estimate of drug-likeness (QED) is 0.466. The fourth-order valence-corrected chi connectivity index (χ4v) is 0.950. The molecule has 1 aromatic rings. The SMILES string of the molecule is COc1c[c-]cc(OC)c1OC.[Br-].[Mg+2].[Mg]. The molecule has 0 aromatic heterocycles. The minimum absolute atomic E-state index is 0. The Hall–Kier alpha value is 0.632. The van der Waals surface area contributed by atoms with Gasteiger partial charge in [-0.15, -0.1) is 12.1 Å². The molecule has 0 saturated heterocycles. The summed E-state index contributed by atoms with van der Waals surface area (Å²) in [7, 11) is 4.72. The van der Waals surface area contributed by atoms with Crippen LogP contribution in [0, 0.1) is 6.07 Å². The second-order valence-corrected chi connectivity index (χ2v) is 2.13. The average Bonchev–Trinajstić information content (AvgIpc) is 2.16. The zero-order valence-electron chi connectivity index (χ0n) is 9.17. The van der Waals surface area contributed by atoms with Crippen LogP contribution in [0.15, 0.2) is 12.1 Å². The molecular weight excluding hydrogens is 285 g/mol. The van der Waals surface area contributed by atoms with Crippen LogP contribution in [0.2, 0.25) is 0 Å². The van der Waals surface area contributed by atoms with Crippen molar-refractivity contribution >= 4 is 46.1 Å². The van der Waals surface area contributed by atoms with E-state index in [1.165, 1.54) is 0 Å². The summed E-state index contributed by atoms with van der Waals surface area (Å²) in [6, 6.07) is 6.27. The van der Waals surface area contributed by atoms with Gasteiger partial charge in [-0.2, -0.15) is 6.07 Å². The Morgan fingerprint density at radius 3 is 1.60 bits per heavy atom. The summed E-state index contributed by atoms with van der Waals surface area (Å²) in [4.78, 5) is 0. The summed E-state index contributed by atoms with van der Waals surface area (Å²) in [6.07, 6.45) is 0. The van der Waals surface area contributed by atoms with Crippen molar-refractivity contribution in [1.82, 2.24) is 0 Å².